The Labute approximate surface area is 94.8 Å². The average Bonchev–Trinajstić information content (AvgIpc) is 2.19. The summed E-state index contributed by atoms with van der Waals surface area (Å²) in [6, 6.07) is 4.20. The number of esters is 1. The third-order valence-electron chi connectivity index (χ3n) is 1.91. The highest BCUT2D eigenvalue weighted by molar-refractivity contribution is 5.76. The van der Waals surface area contributed by atoms with E-state index in [1.54, 1.807) is 0 Å². The fourth-order valence-electron chi connectivity index (χ4n) is 1.16. The maximum absolute atomic E-state index is 11.7. The number of phenols is 1. The molecule has 0 spiro atoms. The first-order chi connectivity index (χ1) is 7.78. The van der Waals surface area contributed by atoms with Gasteiger partial charge >= 0.3 is 12.3 Å². The molecule has 0 unspecified atom stereocenters. The molecule has 17 heavy (non-hydrogen) atoms. The summed E-state index contributed by atoms with van der Waals surface area (Å²) < 4.78 is 38.4. The Bertz CT molecular complexity index is 389. The number of nitrogens with two attached hydrogens (primary N) is 1. The highest BCUT2D eigenvalue weighted by Crippen LogP contribution is 2.18. The van der Waals surface area contributed by atoms with Crippen molar-refractivity contribution >= 4 is 5.97 Å². The molecule has 0 aliphatic rings. The SMILES string of the molecule is N[C@@H](Cc1ccc(O)cc1)C(=O)OC(F)(F)F. The molecule has 0 saturated carbocycles. The molecule has 0 saturated heterocycles. The van der Waals surface area contributed by atoms with Gasteiger partial charge in [0.25, 0.3) is 0 Å². The fourth-order valence-corrected chi connectivity index (χ4v) is 1.16. The summed E-state index contributed by atoms with van der Waals surface area (Å²) in [7, 11) is 0. The van der Waals surface area contributed by atoms with Crippen LogP contribution in [0.5, 0.6) is 5.75 Å². The van der Waals surface area contributed by atoms with E-state index in [0.717, 1.165) is 0 Å². The van der Waals surface area contributed by atoms with Gasteiger partial charge in [-0.2, -0.15) is 0 Å². The molecule has 0 heterocycles. The smallest absolute Gasteiger partial charge is 0.508 e. The van der Waals surface area contributed by atoms with Crippen molar-refractivity contribution < 1.29 is 27.8 Å². The van der Waals surface area contributed by atoms with Crippen LogP contribution in [0.4, 0.5) is 13.2 Å². The molecule has 0 aromatic heterocycles. The summed E-state index contributed by atoms with van der Waals surface area (Å²) >= 11 is 0. The number of carbonyl (C=O) groups excluding carboxylic acids is 1. The first kappa shape index (κ1) is 13.3. The third-order valence-corrected chi connectivity index (χ3v) is 1.91. The van der Waals surface area contributed by atoms with Crippen molar-refractivity contribution in [1.82, 2.24) is 0 Å². The number of alkyl halides is 3. The first-order valence-corrected chi connectivity index (χ1v) is 4.61. The number of hydrogen-bond acceptors (Lipinski definition) is 4. The number of aromatic hydroxyl groups is 1. The highest BCUT2D eigenvalue weighted by Gasteiger charge is 2.35. The lowest BCUT2D eigenvalue weighted by atomic mass is 10.1. The molecule has 94 valence electrons. The van der Waals surface area contributed by atoms with Crippen molar-refractivity contribution in [1.29, 1.82) is 0 Å². The van der Waals surface area contributed by atoms with E-state index in [4.69, 9.17) is 10.8 Å². The minimum Gasteiger partial charge on any atom is -0.508 e. The van der Waals surface area contributed by atoms with Crippen molar-refractivity contribution in [3.8, 4) is 5.75 Å². The summed E-state index contributed by atoms with van der Waals surface area (Å²) in [6.45, 7) is 0. The highest BCUT2D eigenvalue weighted by atomic mass is 19.4. The maximum Gasteiger partial charge on any atom is 0.575 e. The van der Waals surface area contributed by atoms with Gasteiger partial charge in [-0.15, -0.1) is 13.2 Å². The predicted octanol–water partition coefficient (Wildman–Crippen LogP) is 1.32. The molecule has 7 heteroatoms. The van der Waals surface area contributed by atoms with Crippen LogP contribution in [0, 0.1) is 0 Å². The third kappa shape index (κ3) is 4.73. The average molecular weight is 249 g/mol. The summed E-state index contributed by atoms with van der Waals surface area (Å²) in [4.78, 5) is 10.9. The standard InChI is InChI=1S/C10H10F3NO3/c11-10(12,13)17-9(16)8(14)5-6-1-3-7(15)4-2-6/h1-4,8,15H,5,14H2/t8-/m0/s1. The summed E-state index contributed by atoms with van der Waals surface area (Å²) in [5.41, 5.74) is 5.78. The quantitative estimate of drug-likeness (QED) is 0.792. The second-order valence-electron chi connectivity index (χ2n) is 3.34. The Hall–Kier alpha value is -1.76. The Morgan fingerprint density at radius 3 is 2.35 bits per heavy atom. The molecule has 0 fully saturated rings. The largest absolute Gasteiger partial charge is 0.575 e. The van der Waals surface area contributed by atoms with Crippen molar-refractivity contribution in [3.05, 3.63) is 29.8 Å². The van der Waals surface area contributed by atoms with Crippen LogP contribution in [0.25, 0.3) is 0 Å². The van der Waals surface area contributed by atoms with Crippen LogP contribution < -0.4 is 5.73 Å². The van der Waals surface area contributed by atoms with Gasteiger partial charge in [0.05, 0.1) is 0 Å². The fraction of sp³-hybridized carbons (Fsp3) is 0.300. The summed E-state index contributed by atoms with van der Waals surface area (Å²) in [6.07, 6.45) is -5.13. The van der Waals surface area contributed by atoms with Crippen LogP contribution in [0.2, 0.25) is 0 Å². The number of phenolic OH excluding ortho intramolecular Hbond substituents is 1. The van der Waals surface area contributed by atoms with Gasteiger partial charge in [0.15, 0.2) is 0 Å². The summed E-state index contributed by atoms with van der Waals surface area (Å²) in [5.74, 6) is -1.52. The molecular formula is C10H10F3NO3. The Morgan fingerprint density at radius 1 is 1.35 bits per heavy atom. The van der Waals surface area contributed by atoms with Crippen molar-refractivity contribution in [3.63, 3.8) is 0 Å². The molecular weight excluding hydrogens is 239 g/mol. The van der Waals surface area contributed by atoms with E-state index in [-0.39, 0.29) is 12.2 Å². The van der Waals surface area contributed by atoms with Crippen LogP contribution in [0.3, 0.4) is 0 Å². The van der Waals surface area contributed by atoms with E-state index in [2.05, 4.69) is 4.74 Å². The second kappa shape index (κ2) is 5.05. The Kier molecular flexibility index (Phi) is 3.95. The van der Waals surface area contributed by atoms with Crippen LogP contribution in [-0.2, 0) is 16.0 Å². The predicted molar refractivity (Wildman–Crippen MR) is 51.9 cm³/mol. The lowest BCUT2D eigenvalue weighted by Crippen LogP contribution is -2.37. The van der Waals surface area contributed by atoms with Gasteiger partial charge in [0, 0.05) is 0 Å². The van der Waals surface area contributed by atoms with Crippen molar-refractivity contribution in [2.75, 3.05) is 0 Å². The van der Waals surface area contributed by atoms with Crippen LogP contribution in [-0.4, -0.2) is 23.5 Å². The number of halogens is 3. The van der Waals surface area contributed by atoms with E-state index in [1.165, 1.54) is 24.3 Å². The van der Waals surface area contributed by atoms with Gasteiger partial charge in [-0.25, -0.2) is 0 Å². The lowest BCUT2D eigenvalue weighted by molar-refractivity contribution is -0.306. The van der Waals surface area contributed by atoms with Crippen LogP contribution in [0.1, 0.15) is 5.56 Å². The summed E-state index contributed by atoms with van der Waals surface area (Å²) in [5, 5.41) is 8.98. The Balaban J connectivity index is 2.57. The van der Waals surface area contributed by atoms with E-state index < -0.39 is 18.4 Å². The lowest BCUT2D eigenvalue weighted by Gasteiger charge is -2.12. The molecule has 1 atom stereocenters. The van der Waals surface area contributed by atoms with Gasteiger partial charge in [0.1, 0.15) is 11.8 Å². The Morgan fingerprint density at radius 2 is 1.88 bits per heavy atom. The molecule has 1 aromatic rings. The van der Waals surface area contributed by atoms with Crippen molar-refractivity contribution in [2.45, 2.75) is 18.8 Å². The first-order valence-electron chi connectivity index (χ1n) is 4.61. The van der Waals surface area contributed by atoms with E-state index in [9.17, 15) is 18.0 Å². The molecule has 1 aromatic carbocycles. The van der Waals surface area contributed by atoms with Gasteiger partial charge in [-0.1, -0.05) is 12.1 Å². The zero-order valence-corrected chi connectivity index (χ0v) is 8.57. The van der Waals surface area contributed by atoms with Crippen LogP contribution in [0.15, 0.2) is 24.3 Å². The molecule has 1 rings (SSSR count). The topological polar surface area (TPSA) is 72.5 Å². The van der Waals surface area contributed by atoms with Gasteiger partial charge in [-0.3, -0.25) is 4.79 Å². The van der Waals surface area contributed by atoms with Crippen molar-refractivity contribution in [2.24, 2.45) is 5.73 Å². The molecule has 0 bridgehead atoms. The monoisotopic (exact) mass is 249 g/mol. The molecule has 3 N–H and O–H groups in total. The molecule has 4 nitrogen and oxygen atoms in total. The van der Waals surface area contributed by atoms with E-state index in [1.807, 2.05) is 0 Å². The number of carbonyl (C=O) groups is 1. The van der Waals surface area contributed by atoms with Crippen LogP contribution >= 0.6 is 0 Å². The zero-order valence-electron chi connectivity index (χ0n) is 8.57. The second-order valence-corrected chi connectivity index (χ2v) is 3.34. The normalized spacial score (nSPS) is 13.2. The van der Waals surface area contributed by atoms with E-state index in [0.29, 0.717) is 5.56 Å². The maximum atomic E-state index is 11.7. The molecule has 0 aliphatic carbocycles. The van der Waals surface area contributed by atoms with Gasteiger partial charge in [-0.05, 0) is 24.1 Å². The minimum absolute atomic E-state index is 0.0141. The molecule has 0 amide bonds. The minimum atomic E-state index is -5.02. The van der Waals surface area contributed by atoms with E-state index >= 15 is 0 Å². The number of rotatable bonds is 3. The zero-order chi connectivity index (χ0) is 13.1. The number of ether oxygens (including phenoxy) is 1. The molecule has 0 radical (unpaired) electrons. The number of hydrogen-bond donors (Lipinski definition) is 2. The van der Waals surface area contributed by atoms with Gasteiger partial charge < -0.3 is 15.6 Å². The van der Waals surface area contributed by atoms with Gasteiger partial charge in [0.2, 0.25) is 0 Å². The number of benzene rings is 1. The molecule has 0 aliphatic heterocycles.